The molecule has 5 rings (SSSR count). The largest absolute Gasteiger partial charge is 0.497 e. The zero-order chi connectivity index (χ0) is 24.4. The molecule has 0 unspecified atom stereocenters. The Morgan fingerprint density at radius 2 is 1.54 bits per heavy atom. The van der Waals surface area contributed by atoms with Crippen LogP contribution in [-0.2, 0) is 0 Å². The van der Waals surface area contributed by atoms with Gasteiger partial charge < -0.3 is 18.6 Å². The fraction of sp³-hybridized carbons (Fsp3) is 0.143. The van der Waals surface area contributed by atoms with Crippen molar-refractivity contribution in [2.45, 2.75) is 6.92 Å². The third-order valence-corrected chi connectivity index (χ3v) is 6.55. The Bertz CT molecular complexity index is 1570. The lowest BCUT2D eigenvalue weighted by Crippen LogP contribution is -2.03. The number of ether oxygens (including phenoxy) is 3. The predicted molar refractivity (Wildman–Crippen MR) is 139 cm³/mol. The number of nitrogens with zero attached hydrogens (tertiary/aromatic N) is 2. The number of rotatable bonds is 6. The highest BCUT2D eigenvalue weighted by atomic mass is 32.1. The number of para-hydroxylation sites is 1. The number of fused-ring (bicyclic) bond motifs is 1. The van der Waals surface area contributed by atoms with Gasteiger partial charge in [0.1, 0.15) is 17.1 Å². The molecule has 35 heavy (non-hydrogen) atoms. The Kier molecular flexibility index (Phi) is 6.25. The van der Waals surface area contributed by atoms with Gasteiger partial charge in [-0.05, 0) is 61.5 Å². The molecule has 0 saturated heterocycles. The molecule has 0 spiro atoms. The van der Waals surface area contributed by atoms with E-state index in [0.29, 0.717) is 22.4 Å². The SMILES string of the molecule is COc1ccc(-c2nc(N=c3cc(-c4ccc(OC)c(OC)c4)oc4ccccc34)sc2C)cc1. The lowest BCUT2D eigenvalue weighted by atomic mass is 10.1. The Labute approximate surface area is 207 Å². The second-order valence-electron chi connectivity index (χ2n) is 7.80. The Morgan fingerprint density at radius 1 is 0.800 bits per heavy atom. The number of hydrogen-bond donors (Lipinski definition) is 0. The molecule has 0 aliphatic heterocycles. The minimum atomic E-state index is 0.631. The summed E-state index contributed by atoms with van der Waals surface area (Å²) in [6.45, 7) is 2.06. The Morgan fingerprint density at radius 3 is 2.29 bits per heavy atom. The van der Waals surface area contributed by atoms with Crippen LogP contribution in [0.15, 0.2) is 82.2 Å². The van der Waals surface area contributed by atoms with Gasteiger partial charge in [0.05, 0.1) is 32.4 Å². The van der Waals surface area contributed by atoms with Crippen LogP contribution in [-0.4, -0.2) is 26.3 Å². The molecule has 0 bridgehead atoms. The van der Waals surface area contributed by atoms with Crippen molar-refractivity contribution in [3.05, 3.63) is 83.0 Å². The van der Waals surface area contributed by atoms with Crippen LogP contribution in [0, 0.1) is 6.92 Å². The number of aryl methyl sites for hydroxylation is 1. The molecule has 0 atom stereocenters. The first-order valence-corrected chi connectivity index (χ1v) is 11.8. The average molecular weight is 485 g/mol. The van der Waals surface area contributed by atoms with Gasteiger partial charge in [-0.1, -0.05) is 23.5 Å². The first-order valence-electron chi connectivity index (χ1n) is 11.0. The molecule has 0 saturated carbocycles. The highest BCUT2D eigenvalue weighted by molar-refractivity contribution is 7.15. The normalized spacial score (nSPS) is 11.6. The van der Waals surface area contributed by atoms with Crippen molar-refractivity contribution in [1.29, 1.82) is 0 Å². The monoisotopic (exact) mass is 484 g/mol. The van der Waals surface area contributed by atoms with Crippen molar-refractivity contribution in [2.75, 3.05) is 21.3 Å². The van der Waals surface area contributed by atoms with Crippen LogP contribution in [0.2, 0.25) is 0 Å². The highest BCUT2D eigenvalue weighted by Crippen LogP contribution is 2.34. The van der Waals surface area contributed by atoms with Gasteiger partial charge in [0, 0.05) is 27.5 Å². The zero-order valence-electron chi connectivity index (χ0n) is 19.9. The molecule has 7 heteroatoms. The maximum Gasteiger partial charge on any atom is 0.210 e. The zero-order valence-corrected chi connectivity index (χ0v) is 20.7. The molecule has 3 aromatic carbocycles. The van der Waals surface area contributed by atoms with Crippen LogP contribution in [0.25, 0.3) is 33.6 Å². The van der Waals surface area contributed by atoms with E-state index in [2.05, 4.69) is 6.92 Å². The fourth-order valence-electron chi connectivity index (χ4n) is 3.89. The average Bonchev–Trinajstić information content (AvgIpc) is 3.27. The summed E-state index contributed by atoms with van der Waals surface area (Å²) < 4.78 is 22.4. The summed E-state index contributed by atoms with van der Waals surface area (Å²) in [5.74, 6) is 2.78. The van der Waals surface area contributed by atoms with Gasteiger partial charge in [0.2, 0.25) is 5.13 Å². The topological polar surface area (TPSA) is 66.1 Å². The first-order chi connectivity index (χ1) is 17.1. The Balaban J connectivity index is 1.63. The molecule has 0 aliphatic carbocycles. The van der Waals surface area contributed by atoms with Gasteiger partial charge in [0.15, 0.2) is 11.5 Å². The molecule has 5 aromatic rings. The van der Waals surface area contributed by atoms with E-state index in [0.717, 1.165) is 43.8 Å². The molecule has 6 nitrogen and oxygen atoms in total. The molecule has 2 aromatic heterocycles. The molecular weight excluding hydrogens is 460 g/mol. The summed E-state index contributed by atoms with van der Waals surface area (Å²) >= 11 is 1.56. The molecular formula is C28H24N2O4S. The quantitative estimate of drug-likeness (QED) is 0.265. The molecule has 2 heterocycles. The van der Waals surface area contributed by atoms with Gasteiger partial charge in [0.25, 0.3) is 0 Å². The van der Waals surface area contributed by atoms with Crippen LogP contribution < -0.4 is 19.6 Å². The van der Waals surface area contributed by atoms with Crippen molar-refractivity contribution in [3.63, 3.8) is 0 Å². The summed E-state index contributed by atoms with van der Waals surface area (Å²) in [4.78, 5) is 10.9. The van der Waals surface area contributed by atoms with E-state index in [-0.39, 0.29) is 0 Å². The molecule has 0 radical (unpaired) electrons. The van der Waals surface area contributed by atoms with E-state index in [4.69, 9.17) is 28.6 Å². The third kappa shape index (κ3) is 4.50. The van der Waals surface area contributed by atoms with Gasteiger partial charge in [-0.2, -0.15) is 0 Å². The van der Waals surface area contributed by atoms with Crippen molar-refractivity contribution < 1.29 is 18.6 Å². The van der Waals surface area contributed by atoms with Crippen LogP contribution in [0.3, 0.4) is 0 Å². The van der Waals surface area contributed by atoms with E-state index in [1.54, 1.807) is 32.7 Å². The smallest absolute Gasteiger partial charge is 0.210 e. The van der Waals surface area contributed by atoms with Gasteiger partial charge in [-0.25, -0.2) is 9.98 Å². The number of hydrogen-bond acceptors (Lipinski definition) is 7. The first kappa shape index (κ1) is 22.7. The Hall–Kier alpha value is -4.10. The summed E-state index contributed by atoms with van der Waals surface area (Å²) in [6.07, 6.45) is 0. The second kappa shape index (κ2) is 9.64. The highest BCUT2D eigenvalue weighted by Gasteiger charge is 2.12. The molecule has 0 amide bonds. The number of thiazole rings is 1. The fourth-order valence-corrected chi connectivity index (χ4v) is 4.71. The molecule has 0 aliphatic rings. The lowest BCUT2D eigenvalue weighted by Gasteiger charge is -2.10. The van der Waals surface area contributed by atoms with E-state index in [1.807, 2.05) is 72.8 Å². The maximum atomic E-state index is 6.23. The van der Waals surface area contributed by atoms with Crippen LogP contribution in [0.1, 0.15) is 4.88 Å². The van der Waals surface area contributed by atoms with Crippen LogP contribution >= 0.6 is 11.3 Å². The van der Waals surface area contributed by atoms with Crippen molar-refractivity contribution in [2.24, 2.45) is 4.99 Å². The summed E-state index contributed by atoms with van der Waals surface area (Å²) in [5.41, 5.74) is 3.54. The maximum absolute atomic E-state index is 6.23. The lowest BCUT2D eigenvalue weighted by molar-refractivity contribution is 0.355. The number of aromatic nitrogens is 1. The number of methoxy groups -OCH3 is 3. The van der Waals surface area contributed by atoms with E-state index in [9.17, 15) is 0 Å². The molecule has 0 fully saturated rings. The van der Waals surface area contributed by atoms with Crippen LogP contribution in [0.5, 0.6) is 17.2 Å². The van der Waals surface area contributed by atoms with Crippen molar-refractivity contribution in [1.82, 2.24) is 4.98 Å². The second-order valence-corrected chi connectivity index (χ2v) is 8.98. The standard InChI is InChI=1S/C28H24N2O4S/c1-17-27(18-9-12-20(31-2)13-10-18)30-28(35-17)29-22-16-25(34-23-8-6-5-7-21(22)23)19-11-14-24(32-3)26(15-19)33-4/h5-16H,1-4H3. The van der Waals surface area contributed by atoms with E-state index >= 15 is 0 Å². The van der Waals surface area contributed by atoms with E-state index in [1.165, 1.54) is 0 Å². The minimum absolute atomic E-state index is 0.631. The number of benzene rings is 3. The predicted octanol–water partition coefficient (Wildman–Crippen LogP) is 6.79. The minimum Gasteiger partial charge on any atom is -0.497 e. The van der Waals surface area contributed by atoms with Gasteiger partial charge >= 0.3 is 0 Å². The summed E-state index contributed by atoms with van der Waals surface area (Å²) in [5, 5.41) is 2.38. The van der Waals surface area contributed by atoms with Gasteiger partial charge in [-0.3, -0.25) is 0 Å². The molecule has 0 N–H and O–H groups in total. The van der Waals surface area contributed by atoms with E-state index < -0.39 is 0 Å². The van der Waals surface area contributed by atoms with Crippen molar-refractivity contribution >= 4 is 27.4 Å². The van der Waals surface area contributed by atoms with Crippen molar-refractivity contribution in [3.8, 4) is 39.8 Å². The third-order valence-electron chi connectivity index (χ3n) is 5.68. The van der Waals surface area contributed by atoms with Gasteiger partial charge in [-0.15, -0.1) is 0 Å². The summed E-state index contributed by atoms with van der Waals surface area (Å²) in [6, 6.07) is 23.4. The van der Waals surface area contributed by atoms with Crippen LogP contribution in [0.4, 0.5) is 5.13 Å². The molecule has 176 valence electrons. The summed E-state index contributed by atoms with van der Waals surface area (Å²) in [7, 11) is 4.89.